The number of carbonyl (C=O) groups excluding carboxylic acids is 2. The van der Waals surface area contributed by atoms with E-state index in [2.05, 4.69) is 0 Å². The van der Waals surface area contributed by atoms with E-state index in [0.29, 0.717) is 4.90 Å². The number of aliphatic hydroxyl groups is 2. The van der Waals surface area contributed by atoms with Crippen molar-refractivity contribution in [2.24, 2.45) is 0 Å². The van der Waals surface area contributed by atoms with Gasteiger partial charge in [-0.25, -0.2) is 4.90 Å². The van der Waals surface area contributed by atoms with Crippen LogP contribution in [0.25, 0.3) is 0 Å². The number of amides is 2. The molecule has 7 nitrogen and oxygen atoms in total. The number of ether oxygens (including phenoxy) is 2. The maximum absolute atomic E-state index is 11.2. The fraction of sp³-hybridized carbons (Fsp3) is 0.600. The maximum Gasteiger partial charge on any atom is 0.255 e. The lowest BCUT2D eigenvalue weighted by Crippen LogP contribution is -2.42. The summed E-state index contributed by atoms with van der Waals surface area (Å²) in [6.45, 7) is 0.472. The molecule has 0 saturated carbocycles. The Balaban J connectivity index is 2.15. The van der Waals surface area contributed by atoms with Crippen LogP contribution in [0.5, 0.6) is 0 Å². The highest BCUT2D eigenvalue weighted by Gasteiger charge is 2.29. The van der Waals surface area contributed by atoms with Gasteiger partial charge in [-0.2, -0.15) is 0 Å². The molecule has 0 aliphatic carbocycles. The molecule has 0 radical (unpaired) electrons. The molecule has 1 heterocycles. The summed E-state index contributed by atoms with van der Waals surface area (Å²) in [6.07, 6.45) is 0.897. The van der Waals surface area contributed by atoms with E-state index < -0.39 is 18.0 Å². The fourth-order valence-corrected chi connectivity index (χ4v) is 1.25. The van der Waals surface area contributed by atoms with E-state index in [9.17, 15) is 14.7 Å². The van der Waals surface area contributed by atoms with Crippen molar-refractivity contribution in [3.63, 3.8) is 0 Å². The fourth-order valence-electron chi connectivity index (χ4n) is 1.25. The molecule has 0 bridgehead atoms. The highest BCUT2D eigenvalue weighted by Crippen LogP contribution is 2.07. The summed E-state index contributed by atoms with van der Waals surface area (Å²) in [5.74, 6) is -1.11. The lowest BCUT2D eigenvalue weighted by atomic mass is 10.5. The van der Waals surface area contributed by atoms with E-state index in [1.165, 1.54) is 0 Å². The van der Waals surface area contributed by atoms with Gasteiger partial charge in [0.1, 0.15) is 0 Å². The number of nitrogens with zero attached hydrogens (tertiary/aromatic N) is 1. The lowest BCUT2D eigenvalue weighted by molar-refractivity contribution is -0.152. The summed E-state index contributed by atoms with van der Waals surface area (Å²) in [6, 6.07) is 0. The van der Waals surface area contributed by atoms with E-state index >= 15 is 0 Å². The van der Waals surface area contributed by atoms with E-state index in [0.717, 1.165) is 12.2 Å². The summed E-state index contributed by atoms with van der Waals surface area (Å²) in [7, 11) is 0. The zero-order valence-corrected chi connectivity index (χ0v) is 9.24. The Kier molecular flexibility index (Phi) is 5.78. The number of carbonyl (C=O) groups is 2. The SMILES string of the molecule is O=C1C=CC(=O)N1C(O)COCCOCCO. The molecule has 96 valence electrons. The molecular weight excluding hydrogens is 230 g/mol. The first-order chi connectivity index (χ1) is 8.16. The molecule has 1 aliphatic heterocycles. The average molecular weight is 245 g/mol. The molecule has 0 aromatic carbocycles. The Bertz CT molecular complexity index is 285. The molecular formula is C10H15NO6. The van der Waals surface area contributed by atoms with E-state index in [1.807, 2.05) is 0 Å². The van der Waals surface area contributed by atoms with Crippen molar-refractivity contribution < 1.29 is 29.3 Å². The number of imide groups is 1. The van der Waals surface area contributed by atoms with Crippen LogP contribution < -0.4 is 0 Å². The Hall–Kier alpha value is -1.28. The summed E-state index contributed by atoms with van der Waals surface area (Å²) in [5.41, 5.74) is 0. The lowest BCUT2D eigenvalue weighted by Gasteiger charge is -2.20. The second-order valence-electron chi connectivity index (χ2n) is 3.27. The van der Waals surface area contributed by atoms with Gasteiger partial charge in [-0.05, 0) is 0 Å². The Morgan fingerprint density at radius 1 is 1.12 bits per heavy atom. The van der Waals surface area contributed by atoms with E-state index in [-0.39, 0.29) is 33.0 Å². The number of aliphatic hydroxyl groups excluding tert-OH is 2. The second kappa shape index (κ2) is 7.13. The molecule has 7 heteroatoms. The minimum atomic E-state index is -1.29. The maximum atomic E-state index is 11.2. The van der Waals surface area contributed by atoms with Crippen LogP contribution in [-0.4, -0.2) is 66.2 Å². The topological polar surface area (TPSA) is 96.3 Å². The third-order valence-electron chi connectivity index (χ3n) is 2.02. The molecule has 1 aliphatic rings. The van der Waals surface area contributed by atoms with Crippen molar-refractivity contribution in [1.29, 1.82) is 0 Å². The van der Waals surface area contributed by atoms with Gasteiger partial charge in [0.2, 0.25) is 0 Å². The van der Waals surface area contributed by atoms with Gasteiger partial charge >= 0.3 is 0 Å². The largest absolute Gasteiger partial charge is 0.394 e. The van der Waals surface area contributed by atoms with Gasteiger partial charge in [0.15, 0.2) is 6.23 Å². The first kappa shape index (κ1) is 13.8. The van der Waals surface area contributed by atoms with Gasteiger partial charge in [-0.15, -0.1) is 0 Å². The van der Waals surface area contributed by atoms with Gasteiger partial charge in [0, 0.05) is 12.2 Å². The van der Waals surface area contributed by atoms with Crippen molar-refractivity contribution in [3.05, 3.63) is 12.2 Å². The van der Waals surface area contributed by atoms with Crippen LogP contribution in [0.3, 0.4) is 0 Å². The van der Waals surface area contributed by atoms with Gasteiger partial charge in [-0.3, -0.25) is 9.59 Å². The van der Waals surface area contributed by atoms with Crippen LogP contribution in [0.4, 0.5) is 0 Å². The van der Waals surface area contributed by atoms with Crippen molar-refractivity contribution in [1.82, 2.24) is 4.90 Å². The van der Waals surface area contributed by atoms with Gasteiger partial charge < -0.3 is 19.7 Å². The predicted octanol–water partition coefficient (Wildman–Crippen LogP) is -1.74. The number of hydrogen-bond acceptors (Lipinski definition) is 6. The van der Waals surface area contributed by atoms with Crippen molar-refractivity contribution in [2.45, 2.75) is 6.23 Å². The first-order valence-corrected chi connectivity index (χ1v) is 5.16. The smallest absolute Gasteiger partial charge is 0.255 e. The Morgan fingerprint density at radius 2 is 1.71 bits per heavy atom. The zero-order chi connectivity index (χ0) is 12.7. The van der Waals surface area contributed by atoms with E-state index in [1.54, 1.807) is 0 Å². The second-order valence-corrected chi connectivity index (χ2v) is 3.27. The standard InChI is InChI=1S/C10H15NO6/c12-3-4-16-5-6-17-7-10(15)11-8(13)1-2-9(11)14/h1-2,10,12,15H,3-7H2. The van der Waals surface area contributed by atoms with Crippen LogP contribution in [0.15, 0.2) is 12.2 Å². The highest BCUT2D eigenvalue weighted by atomic mass is 16.5. The molecule has 2 amide bonds. The summed E-state index contributed by atoms with van der Waals surface area (Å²) >= 11 is 0. The van der Waals surface area contributed by atoms with Crippen LogP contribution in [-0.2, 0) is 19.1 Å². The monoisotopic (exact) mass is 245 g/mol. The van der Waals surface area contributed by atoms with E-state index in [4.69, 9.17) is 14.6 Å². The summed E-state index contributed by atoms with van der Waals surface area (Å²) in [4.78, 5) is 23.0. The molecule has 1 atom stereocenters. The molecule has 1 rings (SSSR count). The third-order valence-corrected chi connectivity index (χ3v) is 2.02. The molecule has 0 aromatic rings. The third kappa shape index (κ3) is 4.23. The molecule has 0 aromatic heterocycles. The normalized spacial score (nSPS) is 16.9. The quantitative estimate of drug-likeness (QED) is 0.389. The molecule has 1 unspecified atom stereocenters. The molecule has 2 N–H and O–H groups in total. The predicted molar refractivity (Wildman–Crippen MR) is 55.7 cm³/mol. The Morgan fingerprint density at radius 3 is 2.29 bits per heavy atom. The van der Waals surface area contributed by atoms with Crippen molar-refractivity contribution in [3.8, 4) is 0 Å². The average Bonchev–Trinajstić information content (AvgIpc) is 2.63. The molecule has 0 saturated heterocycles. The Labute approximate surface area is 98.2 Å². The summed E-state index contributed by atoms with van der Waals surface area (Å²) in [5, 5.41) is 17.9. The van der Waals surface area contributed by atoms with Gasteiger partial charge in [0.25, 0.3) is 11.8 Å². The minimum Gasteiger partial charge on any atom is -0.394 e. The van der Waals surface area contributed by atoms with Crippen LogP contribution in [0.2, 0.25) is 0 Å². The van der Waals surface area contributed by atoms with Crippen molar-refractivity contribution >= 4 is 11.8 Å². The van der Waals surface area contributed by atoms with Crippen molar-refractivity contribution in [2.75, 3.05) is 33.0 Å². The molecule has 17 heavy (non-hydrogen) atoms. The summed E-state index contributed by atoms with van der Waals surface area (Å²) < 4.78 is 9.94. The highest BCUT2D eigenvalue weighted by molar-refractivity contribution is 6.13. The van der Waals surface area contributed by atoms with Crippen LogP contribution in [0, 0.1) is 0 Å². The van der Waals surface area contributed by atoms with Gasteiger partial charge in [0.05, 0.1) is 33.0 Å². The number of hydrogen-bond donors (Lipinski definition) is 2. The van der Waals surface area contributed by atoms with Crippen LogP contribution >= 0.6 is 0 Å². The first-order valence-electron chi connectivity index (χ1n) is 5.16. The molecule has 0 spiro atoms. The minimum absolute atomic E-state index is 0.0644. The zero-order valence-electron chi connectivity index (χ0n) is 9.24. The van der Waals surface area contributed by atoms with Gasteiger partial charge in [-0.1, -0.05) is 0 Å². The molecule has 0 fully saturated rings. The van der Waals surface area contributed by atoms with Crippen LogP contribution in [0.1, 0.15) is 0 Å². The number of rotatable bonds is 8.